The van der Waals surface area contributed by atoms with Gasteiger partial charge in [0.2, 0.25) is 11.8 Å². The quantitative estimate of drug-likeness (QED) is 0.656. The van der Waals surface area contributed by atoms with E-state index >= 15 is 0 Å². The Hall–Kier alpha value is -3.79. The summed E-state index contributed by atoms with van der Waals surface area (Å²) in [5, 5.41) is 14.7. The molecule has 1 saturated heterocycles. The number of carbonyl (C=O) groups is 2. The topological polar surface area (TPSA) is 94.5 Å². The molecule has 0 saturated carbocycles. The molecule has 2 aromatic carbocycles. The van der Waals surface area contributed by atoms with Crippen molar-refractivity contribution in [1.82, 2.24) is 10.6 Å². The Balaban J connectivity index is 1.42. The fourth-order valence-corrected chi connectivity index (χ4v) is 3.57. The Kier molecular flexibility index (Phi) is 7.87. The van der Waals surface area contributed by atoms with Crippen molar-refractivity contribution < 1.29 is 14.3 Å². The Labute approximate surface area is 188 Å². The van der Waals surface area contributed by atoms with Crippen molar-refractivity contribution in [3.05, 3.63) is 65.7 Å². The van der Waals surface area contributed by atoms with Crippen molar-refractivity contribution >= 4 is 23.6 Å². The lowest BCUT2D eigenvalue weighted by molar-refractivity contribution is -0.127. The fourth-order valence-electron chi connectivity index (χ4n) is 3.57. The van der Waals surface area contributed by atoms with E-state index in [9.17, 15) is 9.59 Å². The van der Waals surface area contributed by atoms with E-state index in [1.165, 1.54) is 6.08 Å². The average Bonchev–Trinajstić information content (AvgIpc) is 2.83. The smallest absolute Gasteiger partial charge is 0.244 e. The molecule has 2 N–H and O–H groups in total. The summed E-state index contributed by atoms with van der Waals surface area (Å²) in [4.78, 5) is 26.9. The minimum atomic E-state index is -0.625. The highest BCUT2D eigenvalue weighted by molar-refractivity contribution is 5.95. The summed E-state index contributed by atoms with van der Waals surface area (Å²) in [6.45, 7) is 3.32. The molecule has 3 rings (SSSR count). The Bertz CT molecular complexity index is 985. The number of carbonyl (C=O) groups excluding carboxylic acids is 2. The van der Waals surface area contributed by atoms with E-state index in [1.54, 1.807) is 20.1 Å². The van der Waals surface area contributed by atoms with E-state index in [4.69, 9.17) is 10.00 Å². The summed E-state index contributed by atoms with van der Waals surface area (Å²) in [6.07, 6.45) is 4.76. The van der Waals surface area contributed by atoms with Crippen LogP contribution in [0.4, 0.5) is 5.69 Å². The highest BCUT2D eigenvalue weighted by Gasteiger charge is 2.23. The van der Waals surface area contributed by atoms with Gasteiger partial charge in [0.05, 0.1) is 18.7 Å². The number of nitriles is 1. The van der Waals surface area contributed by atoms with E-state index in [0.29, 0.717) is 5.56 Å². The third-order valence-corrected chi connectivity index (χ3v) is 5.50. The molecule has 7 heteroatoms. The van der Waals surface area contributed by atoms with Gasteiger partial charge in [-0.3, -0.25) is 9.59 Å². The zero-order valence-electron chi connectivity index (χ0n) is 18.4. The van der Waals surface area contributed by atoms with Crippen molar-refractivity contribution in [2.24, 2.45) is 0 Å². The number of benzene rings is 2. The van der Waals surface area contributed by atoms with E-state index in [2.05, 4.69) is 21.6 Å². The van der Waals surface area contributed by atoms with E-state index in [-0.39, 0.29) is 17.9 Å². The van der Waals surface area contributed by atoms with Crippen LogP contribution in [0.25, 0.3) is 6.08 Å². The van der Waals surface area contributed by atoms with Crippen LogP contribution in [0.5, 0.6) is 5.75 Å². The summed E-state index contributed by atoms with van der Waals surface area (Å²) in [7, 11) is 1.60. The predicted octanol–water partition coefficient (Wildman–Crippen LogP) is 2.87. The van der Waals surface area contributed by atoms with Crippen LogP contribution in [0.15, 0.2) is 54.6 Å². The number of hydrogen-bond acceptors (Lipinski definition) is 5. The lowest BCUT2D eigenvalue weighted by Crippen LogP contribution is -2.51. The molecule has 0 bridgehead atoms. The Morgan fingerprint density at radius 3 is 2.38 bits per heavy atom. The van der Waals surface area contributed by atoms with Gasteiger partial charge in [0.15, 0.2) is 0 Å². The molecule has 0 radical (unpaired) electrons. The summed E-state index contributed by atoms with van der Waals surface area (Å²) >= 11 is 0. The minimum absolute atomic E-state index is 0.0753. The number of ether oxygens (including phenoxy) is 1. The van der Waals surface area contributed by atoms with Gasteiger partial charge < -0.3 is 20.3 Å². The molecule has 7 nitrogen and oxygen atoms in total. The van der Waals surface area contributed by atoms with Gasteiger partial charge in [-0.2, -0.15) is 5.26 Å². The highest BCUT2D eigenvalue weighted by atomic mass is 16.5. The van der Waals surface area contributed by atoms with Crippen LogP contribution in [0.2, 0.25) is 0 Å². The molecule has 2 amide bonds. The molecule has 32 heavy (non-hydrogen) atoms. The average molecular weight is 433 g/mol. The summed E-state index contributed by atoms with van der Waals surface area (Å²) < 4.78 is 5.11. The summed E-state index contributed by atoms with van der Waals surface area (Å²) in [5.74, 6) is 0.242. The first-order chi connectivity index (χ1) is 15.5. The molecular weight excluding hydrogens is 404 g/mol. The molecule has 1 aliphatic heterocycles. The molecule has 1 fully saturated rings. The molecular formula is C25H28N4O3. The number of hydrogen-bond donors (Lipinski definition) is 2. The zero-order valence-corrected chi connectivity index (χ0v) is 18.4. The number of amides is 2. The SMILES string of the molecule is COc1ccc(/C=C/C(=O)NC(C)C(=O)NC2CCN(c3ccc(C#N)cc3)CC2)cc1. The normalized spacial score (nSPS) is 15.1. The lowest BCUT2D eigenvalue weighted by atomic mass is 10.0. The van der Waals surface area contributed by atoms with E-state index in [0.717, 1.165) is 42.9 Å². The van der Waals surface area contributed by atoms with Crippen LogP contribution in [-0.2, 0) is 9.59 Å². The molecule has 0 spiro atoms. The van der Waals surface area contributed by atoms with Crippen LogP contribution >= 0.6 is 0 Å². The van der Waals surface area contributed by atoms with Gasteiger partial charge in [0.1, 0.15) is 11.8 Å². The van der Waals surface area contributed by atoms with Crippen LogP contribution in [0.1, 0.15) is 30.9 Å². The second kappa shape index (κ2) is 11.0. The van der Waals surface area contributed by atoms with Crippen molar-refractivity contribution in [2.75, 3.05) is 25.1 Å². The number of methoxy groups -OCH3 is 1. The zero-order chi connectivity index (χ0) is 22.9. The van der Waals surface area contributed by atoms with Gasteiger partial charge in [-0.25, -0.2) is 0 Å². The van der Waals surface area contributed by atoms with Crippen molar-refractivity contribution in [3.8, 4) is 11.8 Å². The summed E-state index contributed by atoms with van der Waals surface area (Å²) in [6, 6.07) is 16.5. The predicted molar refractivity (Wildman–Crippen MR) is 124 cm³/mol. The number of nitrogens with one attached hydrogen (secondary N) is 2. The summed E-state index contributed by atoms with van der Waals surface area (Å²) in [5.41, 5.74) is 2.59. The molecule has 0 aromatic heterocycles. The minimum Gasteiger partial charge on any atom is -0.497 e. The molecule has 1 unspecified atom stereocenters. The van der Waals surface area contributed by atoms with Crippen molar-refractivity contribution in [3.63, 3.8) is 0 Å². The van der Waals surface area contributed by atoms with Crippen LogP contribution in [0.3, 0.4) is 0 Å². The van der Waals surface area contributed by atoms with Crippen LogP contribution < -0.4 is 20.3 Å². The Morgan fingerprint density at radius 1 is 1.12 bits per heavy atom. The lowest BCUT2D eigenvalue weighted by Gasteiger charge is -2.34. The third-order valence-electron chi connectivity index (χ3n) is 5.50. The van der Waals surface area contributed by atoms with Gasteiger partial charge in [-0.05, 0) is 67.8 Å². The largest absolute Gasteiger partial charge is 0.497 e. The molecule has 1 heterocycles. The Morgan fingerprint density at radius 2 is 1.78 bits per heavy atom. The van der Waals surface area contributed by atoms with Crippen LogP contribution in [0, 0.1) is 11.3 Å². The molecule has 166 valence electrons. The molecule has 1 aliphatic rings. The first-order valence-corrected chi connectivity index (χ1v) is 10.7. The second-order valence-electron chi connectivity index (χ2n) is 7.77. The standard InChI is InChI=1S/C25H28N4O3/c1-18(27-24(30)12-7-19-5-10-23(32-2)11-6-19)25(31)28-21-13-15-29(16-14-21)22-8-3-20(17-26)4-9-22/h3-12,18,21H,13-16H2,1-2H3,(H,27,30)(H,28,31)/b12-7+. The number of nitrogens with zero attached hydrogens (tertiary/aromatic N) is 2. The number of piperidine rings is 1. The molecule has 0 aliphatic carbocycles. The maximum Gasteiger partial charge on any atom is 0.244 e. The highest BCUT2D eigenvalue weighted by Crippen LogP contribution is 2.20. The van der Waals surface area contributed by atoms with Crippen molar-refractivity contribution in [2.45, 2.75) is 31.8 Å². The maximum absolute atomic E-state index is 12.5. The molecule has 2 aromatic rings. The number of rotatable bonds is 7. The van der Waals surface area contributed by atoms with Crippen LogP contribution in [-0.4, -0.2) is 44.1 Å². The van der Waals surface area contributed by atoms with Gasteiger partial charge in [0.25, 0.3) is 0 Å². The third kappa shape index (κ3) is 6.35. The van der Waals surface area contributed by atoms with Crippen molar-refractivity contribution in [1.29, 1.82) is 5.26 Å². The molecule has 1 atom stereocenters. The van der Waals surface area contributed by atoms with Gasteiger partial charge in [0, 0.05) is 30.9 Å². The number of anilines is 1. The van der Waals surface area contributed by atoms with E-state index < -0.39 is 6.04 Å². The van der Waals surface area contributed by atoms with Gasteiger partial charge in [-0.1, -0.05) is 12.1 Å². The first kappa shape index (κ1) is 22.9. The first-order valence-electron chi connectivity index (χ1n) is 10.7. The second-order valence-corrected chi connectivity index (χ2v) is 7.77. The van der Waals surface area contributed by atoms with E-state index in [1.807, 2.05) is 48.5 Å². The fraction of sp³-hybridized carbons (Fsp3) is 0.320. The monoisotopic (exact) mass is 432 g/mol. The van der Waals surface area contributed by atoms with Gasteiger partial charge >= 0.3 is 0 Å². The van der Waals surface area contributed by atoms with Gasteiger partial charge in [-0.15, -0.1) is 0 Å². The maximum atomic E-state index is 12.5.